The standard InChI is InChI=1S/C24H28N2O6/c1-24(2,3)32-23(30)26-12-11-17-13-18(9-10-19(17)26)21(28)20(27)14-25-22(29)31-15-16-7-5-4-6-8-16/h4-13,20-21,27-28H,14-15H2,1-3H3,(H,25,29). The SMILES string of the molecule is CC(C)(C)OC(=O)n1ccc2cc(C(O)C(O)CNC(=O)OCc3ccccc3)ccc21. The molecule has 0 fully saturated rings. The molecule has 1 aromatic heterocycles. The van der Waals surface area contributed by atoms with Crippen molar-refractivity contribution in [3.8, 4) is 0 Å². The van der Waals surface area contributed by atoms with E-state index in [4.69, 9.17) is 9.47 Å². The fourth-order valence-corrected chi connectivity index (χ4v) is 3.11. The second-order valence-electron chi connectivity index (χ2n) is 8.44. The van der Waals surface area contributed by atoms with Gasteiger partial charge in [-0.25, -0.2) is 9.59 Å². The maximum absolute atomic E-state index is 12.4. The van der Waals surface area contributed by atoms with Crippen molar-refractivity contribution in [1.29, 1.82) is 0 Å². The Balaban J connectivity index is 1.58. The van der Waals surface area contributed by atoms with Crippen molar-refractivity contribution in [1.82, 2.24) is 9.88 Å². The maximum atomic E-state index is 12.4. The molecular weight excluding hydrogens is 412 g/mol. The molecule has 32 heavy (non-hydrogen) atoms. The van der Waals surface area contributed by atoms with Gasteiger partial charge in [0.1, 0.15) is 24.4 Å². The summed E-state index contributed by atoms with van der Waals surface area (Å²) >= 11 is 0. The number of carbonyl (C=O) groups is 2. The number of aromatic nitrogens is 1. The van der Waals surface area contributed by atoms with Gasteiger partial charge in [-0.3, -0.25) is 4.57 Å². The van der Waals surface area contributed by atoms with Crippen LogP contribution in [-0.2, 0) is 16.1 Å². The van der Waals surface area contributed by atoms with Crippen molar-refractivity contribution in [3.63, 3.8) is 0 Å². The molecule has 3 N–H and O–H groups in total. The van der Waals surface area contributed by atoms with Crippen LogP contribution in [-0.4, -0.2) is 45.2 Å². The third-order valence-electron chi connectivity index (χ3n) is 4.68. The molecule has 0 saturated heterocycles. The average molecular weight is 440 g/mol. The van der Waals surface area contributed by atoms with Crippen LogP contribution in [0.5, 0.6) is 0 Å². The summed E-state index contributed by atoms with van der Waals surface area (Å²) in [5.41, 5.74) is 1.29. The number of rotatable bonds is 6. The highest BCUT2D eigenvalue weighted by atomic mass is 16.6. The summed E-state index contributed by atoms with van der Waals surface area (Å²) < 4.78 is 11.9. The van der Waals surface area contributed by atoms with E-state index in [9.17, 15) is 19.8 Å². The lowest BCUT2D eigenvalue weighted by Gasteiger charge is -2.20. The Labute approximate surface area is 186 Å². The first-order chi connectivity index (χ1) is 15.1. The first-order valence-corrected chi connectivity index (χ1v) is 10.3. The number of nitrogens with one attached hydrogen (secondary N) is 1. The van der Waals surface area contributed by atoms with Crippen molar-refractivity contribution in [2.24, 2.45) is 0 Å². The Kier molecular flexibility index (Phi) is 7.17. The first kappa shape index (κ1) is 23.3. The monoisotopic (exact) mass is 440 g/mol. The molecular formula is C24H28N2O6. The van der Waals surface area contributed by atoms with E-state index in [0.29, 0.717) is 16.5 Å². The number of nitrogens with zero attached hydrogens (tertiary/aromatic N) is 1. The van der Waals surface area contributed by atoms with E-state index >= 15 is 0 Å². The van der Waals surface area contributed by atoms with Crippen molar-refractivity contribution in [2.75, 3.05) is 6.54 Å². The number of aliphatic hydroxyl groups excluding tert-OH is 2. The summed E-state index contributed by atoms with van der Waals surface area (Å²) in [5, 5.41) is 23.9. The Bertz CT molecular complexity index is 1070. The lowest BCUT2D eigenvalue weighted by Crippen LogP contribution is -2.35. The number of hydrogen-bond donors (Lipinski definition) is 3. The van der Waals surface area contributed by atoms with E-state index in [0.717, 1.165) is 5.56 Å². The van der Waals surface area contributed by atoms with Crippen molar-refractivity contribution < 1.29 is 29.3 Å². The van der Waals surface area contributed by atoms with E-state index in [1.165, 1.54) is 4.57 Å². The summed E-state index contributed by atoms with van der Waals surface area (Å²) in [6.07, 6.45) is -2.08. The highest BCUT2D eigenvalue weighted by Crippen LogP contribution is 2.24. The van der Waals surface area contributed by atoms with Gasteiger partial charge in [-0.1, -0.05) is 36.4 Å². The fourth-order valence-electron chi connectivity index (χ4n) is 3.11. The first-order valence-electron chi connectivity index (χ1n) is 10.3. The fraction of sp³-hybridized carbons (Fsp3) is 0.333. The van der Waals surface area contributed by atoms with Gasteiger partial charge in [0.15, 0.2) is 0 Å². The molecule has 0 saturated carbocycles. The molecule has 3 rings (SSSR count). The molecule has 8 heteroatoms. The predicted octanol–water partition coefficient (Wildman–Crippen LogP) is 3.75. The normalized spacial score (nSPS) is 13.4. The number of amides is 1. The molecule has 1 amide bonds. The van der Waals surface area contributed by atoms with Crippen LogP contribution in [0.2, 0.25) is 0 Å². The number of benzene rings is 2. The smallest absolute Gasteiger partial charge is 0.418 e. The van der Waals surface area contributed by atoms with Crippen LogP contribution < -0.4 is 5.32 Å². The predicted molar refractivity (Wildman–Crippen MR) is 119 cm³/mol. The Hall–Kier alpha value is -3.36. The molecule has 2 unspecified atom stereocenters. The van der Waals surface area contributed by atoms with Crippen LogP contribution in [0.3, 0.4) is 0 Å². The van der Waals surface area contributed by atoms with Gasteiger partial charge >= 0.3 is 12.2 Å². The second-order valence-corrected chi connectivity index (χ2v) is 8.44. The molecule has 1 heterocycles. The number of carbonyl (C=O) groups excluding carboxylic acids is 2. The maximum Gasteiger partial charge on any atom is 0.418 e. The zero-order valence-electron chi connectivity index (χ0n) is 18.3. The Morgan fingerprint density at radius 1 is 1.06 bits per heavy atom. The largest absolute Gasteiger partial charge is 0.445 e. The van der Waals surface area contributed by atoms with Gasteiger partial charge in [0, 0.05) is 18.1 Å². The number of alkyl carbamates (subject to hydrolysis) is 1. The Morgan fingerprint density at radius 3 is 2.47 bits per heavy atom. The topological polar surface area (TPSA) is 110 Å². The van der Waals surface area contributed by atoms with Gasteiger partial charge in [0.2, 0.25) is 0 Å². The van der Waals surface area contributed by atoms with Crippen LogP contribution in [0.4, 0.5) is 9.59 Å². The average Bonchev–Trinajstić information content (AvgIpc) is 3.18. The molecule has 170 valence electrons. The molecule has 0 aliphatic heterocycles. The summed E-state index contributed by atoms with van der Waals surface area (Å²) in [6.45, 7) is 5.29. The highest BCUT2D eigenvalue weighted by Gasteiger charge is 2.22. The van der Waals surface area contributed by atoms with Crippen molar-refractivity contribution in [3.05, 3.63) is 71.9 Å². The molecule has 2 aromatic carbocycles. The van der Waals surface area contributed by atoms with Gasteiger partial charge in [-0.15, -0.1) is 0 Å². The zero-order valence-corrected chi connectivity index (χ0v) is 18.3. The minimum atomic E-state index is -1.25. The lowest BCUT2D eigenvalue weighted by atomic mass is 10.0. The van der Waals surface area contributed by atoms with Crippen molar-refractivity contribution in [2.45, 2.75) is 45.2 Å². The van der Waals surface area contributed by atoms with E-state index in [-0.39, 0.29) is 13.2 Å². The van der Waals surface area contributed by atoms with Gasteiger partial charge < -0.3 is 25.0 Å². The van der Waals surface area contributed by atoms with E-state index in [2.05, 4.69) is 5.32 Å². The van der Waals surface area contributed by atoms with Gasteiger partial charge in [0.05, 0.1) is 5.52 Å². The van der Waals surface area contributed by atoms with Gasteiger partial charge in [-0.05, 0) is 50.1 Å². The van der Waals surface area contributed by atoms with Crippen LogP contribution in [0.25, 0.3) is 10.9 Å². The molecule has 8 nitrogen and oxygen atoms in total. The van der Waals surface area contributed by atoms with E-state index < -0.39 is 30.0 Å². The number of ether oxygens (including phenoxy) is 2. The second kappa shape index (κ2) is 9.84. The molecule has 0 bridgehead atoms. The van der Waals surface area contributed by atoms with E-state index in [1.54, 1.807) is 51.2 Å². The summed E-state index contributed by atoms with van der Waals surface area (Å²) in [5.74, 6) is 0. The molecule has 2 atom stereocenters. The zero-order chi connectivity index (χ0) is 23.3. The quantitative estimate of drug-likeness (QED) is 0.539. The summed E-state index contributed by atoms with van der Waals surface area (Å²) in [7, 11) is 0. The van der Waals surface area contributed by atoms with Crippen molar-refractivity contribution >= 4 is 23.1 Å². The number of fused-ring (bicyclic) bond motifs is 1. The third-order valence-corrected chi connectivity index (χ3v) is 4.68. The minimum absolute atomic E-state index is 0.108. The van der Waals surface area contributed by atoms with E-state index in [1.807, 2.05) is 30.3 Å². The minimum Gasteiger partial charge on any atom is -0.445 e. The van der Waals surface area contributed by atoms with Crippen LogP contribution in [0.15, 0.2) is 60.8 Å². The molecule has 3 aromatic rings. The molecule has 0 aliphatic rings. The molecule has 0 spiro atoms. The highest BCUT2D eigenvalue weighted by molar-refractivity contribution is 5.90. The molecule has 0 aliphatic carbocycles. The lowest BCUT2D eigenvalue weighted by molar-refractivity contribution is 0.0185. The number of aliphatic hydroxyl groups is 2. The Morgan fingerprint density at radius 2 is 1.78 bits per heavy atom. The van der Waals surface area contributed by atoms with Gasteiger partial charge in [0.25, 0.3) is 0 Å². The third kappa shape index (κ3) is 6.09. The molecule has 0 radical (unpaired) electrons. The van der Waals surface area contributed by atoms with Crippen LogP contribution in [0, 0.1) is 0 Å². The summed E-state index contributed by atoms with van der Waals surface area (Å²) in [6, 6.07) is 15.9. The summed E-state index contributed by atoms with van der Waals surface area (Å²) in [4.78, 5) is 24.2. The van der Waals surface area contributed by atoms with Crippen LogP contribution in [0.1, 0.15) is 38.0 Å². The van der Waals surface area contributed by atoms with Gasteiger partial charge in [-0.2, -0.15) is 0 Å². The van der Waals surface area contributed by atoms with Crippen LogP contribution >= 0.6 is 0 Å². The number of hydrogen-bond acceptors (Lipinski definition) is 6.